The summed E-state index contributed by atoms with van der Waals surface area (Å²) in [6.07, 6.45) is 5.45. The standard InChI is InChI=1S/C18H21N3O/c1-7-13-10-14(9-8-12(13)2)17(22)19-16-11-15(18(3,4)5)20-21(16)6/h1,8-11H,2-6H3,(H,19,22). The number of carbonyl (C=O) groups is 1. The van der Waals surface area contributed by atoms with E-state index in [1.165, 1.54) is 0 Å². The Hall–Kier alpha value is -2.54. The van der Waals surface area contributed by atoms with Crippen molar-refractivity contribution in [1.29, 1.82) is 0 Å². The van der Waals surface area contributed by atoms with Gasteiger partial charge in [-0.3, -0.25) is 9.48 Å². The van der Waals surface area contributed by atoms with Gasteiger partial charge in [-0.25, -0.2) is 0 Å². The third-order valence-corrected chi connectivity index (χ3v) is 3.55. The molecule has 22 heavy (non-hydrogen) atoms. The minimum Gasteiger partial charge on any atom is -0.307 e. The summed E-state index contributed by atoms with van der Waals surface area (Å²) in [6, 6.07) is 7.25. The minimum absolute atomic E-state index is 0.0682. The van der Waals surface area contributed by atoms with Gasteiger partial charge in [0.2, 0.25) is 0 Å². The molecule has 0 bridgehead atoms. The topological polar surface area (TPSA) is 46.9 Å². The summed E-state index contributed by atoms with van der Waals surface area (Å²) in [7, 11) is 1.81. The molecule has 4 heteroatoms. The van der Waals surface area contributed by atoms with E-state index in [2.05, 4.69) is 37.1 Å². The zero-order valence-corrected chi connectivity index (χ0v) is 13.7. The van der Waals surface area contributed by atoms with Crippen molar-refractivity contribution in [2.75, 3.05) is 5.32 Å². The maximum Gasteiger partial charge on any atom is 0.256 e. The highest BCUT2D eigenvalue weighted by Crippen LogP contribution is 2.23. The molecule has 0 atom stereocenters. The van der Waals surface area contributed by atoms with E-state index in [-0.39, 0.29) is 11.3 Å². The van der Waals surface area contributed by atoms with E-state index in [1.807, 2.05) is 26.1 Å². The molecular weight excluding hydrogens is 274 g/mol. The van der Waals surface area contributed by atoms with E-state index in [0.29, 0.717) is 11.4 Å². The lowest BCUT2D eigenvalue weighted by Gasteiger charge is -2.13. The Bertz CT molecular complexity index is 758. The van der Waals surface area contributed by atoms with Gasteiger partial charge in [0.1, 0.15) is 5.82 Å². The fraction of sp³-hybridized carbons (Fsp3) is 0.333. The van der Waals surface area contributed by atoms with E-state index >= 15 is 0 Å². The van der Waals surface area contributed by atoms with E-state index in [9.17, 15) is 4.79 Å². The van der Waals surface area contributed by atoms with E-state index < -0.39 is 0 Å². The van der Waals surface area contributed by atoms with Gasteiger partial charge in [-0.15, -0.1) is 6.42 Å². The third kappa shape index (κ3) is 3.20. The van der Waals surface area contributed by atoms with Gasteiger partial charge in [0.05, 0.1) is 5.69 Å². The lowest BCUT2D eigenvalue weighted by molar-refractivity contribution is 0.102. The van der Waals surface area contributed by atoms with E-state index in [4.69, 9.17) is 6.42 Å². The van der Waals surface area contributed by atoms with Crippen LogP contribution < -0.4 is 5.32 Å². The molecule has 0 aliphatic carbocycles. The molecular formula is C18H21N3O. The van der Waals surface area contributed by atoms with Gasteiger partial charge in [0.25, 0.3) is 5.91 Å². The van der Waals surface area contributed by atoms with Crippen LogP contribution in [0.3, 0.4) is 0 Å². The molecule has 1 aromatic carbocycles. The molecule has 0 unspecified atom stereocenters. The summed E-state index contributed by atoms with van der Waals surface area (Å²) < 4.78 is 1.68. The first-order chi connectivity index (χ1) is 10.2. The van der Waals surface area contributed by atoms with Gasteiger partial charge < -0.3 is 5.32 Å². The number of hydrogen-bond acceptors (Lipinski definition) is 2. The summed E-state index contributed by atoms with van der Waals surface area (Å²) >= 11 is 0. The summed E-state index contributed by atoms with van der Waals surface area (Å²) in [4.78, 5) is 12.4. The molecule has 114 valence electrons. The Morgan fingerprint density at radius 1 is 1.32 bits per heavy atom. The smallest absolute Gasteiger partial charge is 0.256 e. The predicted molar refractivity (Wildman–Crippen MR) is 89.0 cm³/mol. The van der Waals surface area contributed by atoms with Crippen LogP contribution in [0, 0.1) is 19.3 Å². The summed E-state index contributed by atoms with van der Waals surface area (Å²) in [6.45, 7) is 8.17. The quantitative estimate of drug-likeness (QED) is 0.864. The van der Waals surface area contributed by atoms with Crippen LogP contribution in [-0.2, 0) is 12.5 Å². The van der Waals surface area contributed by atoms with Crippen molar-refractivity contribution in [2.45, 2.75) is 33.1 Å². The largest absolute Gasteiger partial charge is 0.307 e. The third-order valence-electron chi connectivity index (χ3n) is 3.55. The maximum absolute atomic E-state index is 12.4. The molecule has 0 aliphatic heterocycles. The van der Waals surface area contributed by atoms with Gasteiger partial charge in [0, 0.05) is 29.7 Å². The SMILES string of the molecule is C#Cc1cc(C(=O)Nc2cc(C(C)(C)C)nn2C)ccc1C. The monoisotopic (exact) mass is 295 g/mol. The van der Waals surface area contributed by atoms with Crippen LogP contribution in [0.1, 0.15) is 48.0 Å². The summed E-state index contributed by atoms with van der Waals surface area (Å²) in [5, 5.41) is 7.33. The van der Waals surface area contributed by atoms with Crippen molar-refractivity contribution in [3.05, 3.63) is 46.6 Å². The zero-order valence-electron chi connectivity index (χ0n) is 13.7. The van der Waals surface area contributed by atoms with Crippen LogP contribution in [0.2, 0.25) is 0 Å². The number of amides is 1. The molecule has 1 N–H and O–H groups in total. The van der Waals surface area contributed by atoms with Crippen LogP contribution in [0.4, 0.5) is 5.82 Å². The first-order valence-electron chi connectivity index (χ1n) is 7.15. The number of rotatable bonds is 2. The average Bonchev–Trinajstić information content (AvgIpc) is 2.80. The molecule has 0 fully saturated rings. The van der Waals surface area contributed by atoms with E-state index in [1.54, 1.807) is 16.8 Å². The van der Waals surface area contributed by atoms with Crippen LogP contribution >= 0.6 is 0 Å². The molecule has 0 saturated carbocycles. The lowest BCUT2D eigenvalue weighted by atomic mass is 9.92. The van der Waals surface area contributed by atoms with E-state index in [0.717, 1.165) is 16.8 Å². The van der Waals surface area contributed by atoms with Crippen molar-refractivity contribution in [3.8, 4) is 12.3 Å². The molecule has 0 radical (unpaired) electrons. The lowest BCUT2D eigenvalue weighted by Crippen LogP contribution is -2.14. The number of aromatic nitrogens is 2. The van der Waals surface area contributed by atoms with Gasteiger partial charge in [-0.1, -0.05) is 32.8 Å². The number of anilines is 1. The number of nitrogens with zero attached hydrogens (tertiary/aromatic N) is 2. The van der Waals surface area contributed by atoms with Crippen LogP contribution in [0.15, 0.2) is 24.3 Å². The Labute approximate surface area is 131 Å². The predicted octanol–water partition coefficient (Wildman–Crippen LogP) is 3.26. The van der Waals surface area contributed by atoms with Crippen LogP contribution in [0.25, 0.3) is 0 Å². The number of hydrogen-bond donors (Lipinski definition) is 1. The van der Waals surface area contributed by atoms with Crippen molar-refractivity contribution < 1.29 is 4.79 Å². The summed E-state index contributed by atoms with van der Waals surface area (Å²) in [5.41, 5.74) is 3.11. The second-order valence-corrected chi connectivity index (χ2v) is 6.42. The minimum atomic E-state index is -0.194. The van der Waals surface area contributed by atoms with Crippen LogP contribution in [-0.4, -0.2) is 15.7 Å². The van der Waals surface area contributed by atoms with Crippen molar-refractivity contribution in [1.82, 2.24) is 9.78 Å². The molecule has 1 amide bonds. The number of nitrogens with one attached hydrogen (secondary N) is 1. The van der Waals surface area contributed by atoms with Gasteiger partial charge >= 0.3 is 0 Å². The van der Waals surface area contributed by atoms with Crippen molar-refractivity contribution >= 4 is 11.7 Å². The molecule has 1 heterocycles. The van der Waals surface area contributed by atoms with Gasteiger partial charge in [0.15, 0.2) is 0 Å². The molecule has 1 aromatic heterocycles. The zero-order chi connectivity index (χ0) is 16.5. The highest BCUT2D eigenvalue weighted by molar-refractivity contribution is 6.04. The fourth-order valence-electron chi connectivity index (χ4n) is 2.06. The van der Waals surface area contributed by atoms with Gasteiger partial charge in [-0.2, -0.15) is 5.10 Å². The molecule has 2 rings (SSSR count). The maximum atomic E-state index is 12.4. The van der Waals surface area contributed by atoms with Crippen molar-refractivity contribution in [3.63, 3.8) is 0 Å². The molecule has 0 saturated heterocycles. The average molecular weight is 295 g/mol. The normalized spacial score (nSPS) is 11.1. The number of aryl methyl sites for hydroxylation is 2. The second-order valence-electron chi connectivity index (χ2n) is 6.42. The molecule has 0 spiro atoms. The first-order valence-corrected chi connectivity index (χ1v) is 7.15. The van der Waals surface area contributed by atoms with Crippen molar-refractivity contribution in [2.24, 2.45) is 7.05 Å². The summed E-state index contributed by atoms with van der Waals surface area (Å²) in [5.74, 6) is 3.06. The Kier molecular flexibility index (Phi) is 4.09. The first kappa shape index (κ1) is 15.8. The fourth-order valence-corrected chi connectivity index (χ4v) is 2.06. The Morgan fingerprint density at radius 3 is 2.55 bits per heavy atom. The number of benzene rings is 1. The van der Waals surface area contributed by atoms with Crippen LogP contribution in [0.5, 0.6) is 0 Å². The molecule has 2 aromatic rings. The highest BCUT2D eigenvalue weighted by Gasteiger charge is 2.20. The Balaban J connectivity index is 2.26. The Morgan fingerprint density at radius 2 is 2.00 bits per heavy atom. The number of carbonyl (C=O) groups excluding carboxylic acids is 1. The number of terminal acetylenes is 1. The molecule has 4 nitrogen and oxygen atoms in total. The second kappa shape index (κ2) is 5.69. The highest BCUT2D eigenvalue weighted by atomic mass is 16.1. The van der Waals surface area contributed by atoms with Gasteiger partial charge in [-0.05, 0) is 24.6 Å². The molecule has 0 aliphatic rings.